The Kier molecular flexibility index (Phi) is 5.97. The third-order valence-electron chi connectivity index (χ3n) is 4.40. The van der Waals surface area contributed by atoms with Gasteiger partial charge in [-0.2, -0.15) is 0 Å². The Bertz CT molecular complexity index is 1040. The summed E-state index contributed by atoms with van der Waals surface area (Å²) in [5.74, 6) is 3.45. The van der Waals surface area contributed by atoms with E-state index in [1.165, 1.54) is 0 Å². The number of aromatic nitrogens is 3. The Morgan fingerprint density at radius 1 is 1.24 bits per heavy atom. The van der Waals surface area contributed by atoms with Crippen LogP contribution in [0, 0.1) is 0 Å². The summed E-state index contributed by atoms with van der Waals surface area (Å²) >= 11 is 7.93. The van der Waals surface area contributed by atoms with Crippen LogP contribution in [0.25, 0.3) is 11.4 Å². The van der Waals surface area contributed by atoms with Gasteiger partial charge in [-0.1, -0.05) is 41.6 Å². The third kappa shape index (κ3) is 4.06. The van der Waals surface area contributed by atoms with Crippen molar-refractivity contribution in [1.29, 1.82) is 0 Å². The number of hydrogen-bond donors (Lipinski definition) is 0. The van der Waals surface area contributed by atoms with Gasteiger partial charge in [0.1, 0.15) is 19.0 Å². The Morgan fingerprint density at radius 2 is 2.07 bits per heavy atom. The summed E-state index contributed by atoms with van der Waals surface area (Å²) in [6.07, 6.45) is 1.83. The van der Waals surface area contributed by atoms with E-state index < -0.39 is 0 Å². The van der Waals surface area contributed by atoms with Crippen molar-refractivity contribution in [2.45, 2.75) is 17.5 Å². The van der Waals surface area contributed by atoms with E-state index in [4.69, 9.17) is 25.8 Å². The van der Waals surface area contributed by atoms with Crippen LogP contribution in [0.2, 0.25) is 5.02 Å². The van der Waals surface area contributed by atoms with Crippen molar-refractivity contribution in [3.8, 4) is 28.6 Å². The van der Waals surface area contributed by atoms with Crippen molar-refractivity contribution in [3.63, 3.8) is 0 Å². The van der Waals surface area contributed by atoms with Gasteiger partial charge >= 0.3 is 0 Å². The number of nitrogens with zero attached hydrogens (tertiary/aromatic N) is 3. The quantitative estimate of drug-likeness (QED) is 0.395. The van der Waals surface area contributed by atoms with Gasteiger partial charge < -0.3 is 14.2 Å². The zero-order valence-corrected chi connectivity index (χ0v) is 17.5. The first-order chi connectivity index (χ1) is 14.2. The predicted octanol–water partition coefficient (Wildman–Crippen LogP) is 4.86. The number of thioether (sulfide) groups is 1. The predicted molar refractivity (Wildman–Crippen MR) is 114 cm³/mol. The van der Waals surface area contributed by atoms with Crippen molar-refractivity contribution in [2.75, 3.05) is 20.3 Å². The lowest BCUT2D eigenvalue weighted by molar-refractivity contribution is 0.171. The first-order valence-electron chi connectivity index (χ1n) is 9.09. The highest BCUT2D eigenvalue weighted by molar-refractivity contribution is 7.98. The number of benzene rings is 2. The number of fused-ring (bicyclic) bond motifs is 1. The first kappa shape index (κ1) is 19.7. The van der Waals surface area contributed by atoms with Gasteiger partial charge in [-0.25, -0.2) is 0 Å². The zero-order chi connectivity index (χ0) is 20.2. The maximum Gasteiger partial charge on any atom is 0.192 e. The molecule has 2 heterocycles. The van der Waals surface area contributed by atoms with Crippen LogP contribution >= 0.6 is 23.4 Å². The second-order valence-electron chi connectivity index (χ2n) is 6.30. The molecule has 3 aromatic rings. The number of rotatable bonds is 7. The Labute approximate surface area is 178 Å². The molecule has 0 bridgehead atoms. The van der Waals surface area contributed by atoms with Gasteiger partial charge in [0.05, 0.1) is 17.7 Å². The number of methoxy groups -OCH3 is 1. The molecule has 0 radical (unpaired) electrons. The van der Waals surface area contributed by atoms with E-state index in [1.807, 2.05) is 47.0 Å². The Balaban J connectivity index is 1.60. The zero-order valence-electron chi connectivity index (χ0n) is 15.9. The lowest BCUT2D eigenvalue weighted by atomic mass is 10.2. The standard InChI is InChI=1S/C21H20ClN3O3S/c1-3-8-25-20(15-6-4-5-7-17(15)26-2)23-24-21(25)29-13-14-11-16(22)19-18(12-14)27-9-10-28-19/h3-7,11-12H,1,8-10,13H2,2H3. The Hall–Kier alpha value is -2.64. The van der Waals surface area contributed by atoms with Crippen LogP contribution < -0.4 is 14.2 Å². The molecule has 4 rings (SSSR count). The van der Waals surface area contributed by atoms with Crippen LogP contribution in [0.4, 0.5) is 0 Å². The van der Waals surface area contributed by atoms with Crippen molar-refractivity contribution < 1.29 is 14.2 Å². The molecule has 2 aromatic carbocycles. The summed E-state index contributed by atoms with van der Waals surface area (Å²) < 4.78 is 18.8. The van der Waals surface area contributed by atoms with Crippen molar-refractivity contribution in [1.82, 2.24) is 14.8 Å². The van der Waals surface area contributed by atoms with Crippen LogP contribution in [0.1, 0.15) is 5.56 Å². The fraction of sp³-hybridized carbons (Fsp3) is 0.238. The van der Waals surface area contributed by atoms with Gasteiger partial charge in [0.15, 0.2) is 22.5 Å². The van der Waals surface area contributed by atoms with Crippen LogP contribution in [0.5, 0.6) is 17.2 Å². The van der Waals surface area contributed by atoms with Crippen molar-refractivity contribution >= 4 is 23.4 Å². The third-order valence-corrected chi connectivity index (χ3v) is 5.72. The molecule has 0 spiro atoms. The minimum atomic E-state index is 0.511. The molecule has 1 aliphatic heterocycles. The SMILES string of the molecule is C=CCn1c(SCc2cc(Cl)c3c(c2)OCCO3)nnc1-c1ccccc1OC. The fourth-order valence-corrected chi connectivity index (χ4v) is 4.28. The van der Waals surface area contributed by atoms with E-state index >= 15 is 0 Å². The number of halogens is 1. The summed E-state index contributed by atoms with van der Waals surface area (Å²) in [5, 5.41) is 10.1. The van der Waals surface area contributed by atoms with Crippen LogP contribution in [-0.2, 0) is 12.3 Å². The molecule has 6 nitrogen and oxygen atoms in total. The van der Waals surface area contributed by atoms with Crippen LogP contribution in [0.3, 0.4) is 0 Å². The van der Waals surface area contributed by atoms with E-state index in [2.05, 4.69) is 16.8 Å². The molecule has 1 aliphatic rings. The van der Waals surface area contributed by atoms with Gasteiger partial charge in [-0.15, -0.1) is 16.8 Å². The van der Waals surface area contributed by atoms with Gasteiger partial charge in [0.2, 0.25) is 0 Å². The fourth-order valence-electron chi connectivity index (χ4n) is 3.11. The molecule has 29 heavy (non-hydrogen) atoms. The minimum Gasteiger partial charge on any atom is -0.496 e. The molecule has 150 valence electrons. The highest BCUT2D eigenvalue weighted by Gasteiger charge is 2.19. The molecule has 0 unspecified atom stereocenters. The molecule has 0 saturated heterocycles. The van der Waals surface area contributed by atoms with E-state index in [0.717, 1.165) is 27.9 Å². The number of allylic oxidation sites excluding steroid dienone is 1. The van der Waals surface area contributed by atoms with Gasteiger partial charge in [-0.3, -0.25) is 4.57 Å². The van der Waals surface area contributed by atoms with E-state index in [0.29, 0.717) is 42.0 Å². The van der Waals surface area contributed by atoms with Crippen LogP contribution in [0.15, 0.2) is 54.2 Å². The molecule has 8 heteroatoms. The molecule has 1 aromatic heterocycles. The van der Waals surface area contributed by atoms with Gasteiger partial charge in [0.25, 0.3) is 0 Å². The smallest absolute Gasteiger partial charge is 0.192 e. The molecular formula is C21H20ClN3O3S. The lowest BCUT2D eigenvalue weighted by Crippen LogP contribution is -2.15. The molecule has 0 amide bonds. The molecule has 0 atom stereocenters. The average molecular weight is 430 g/mol. The average Bonchev–Trinajstić information content (AvgIpc) is 3.15. The highest BCUT2D eigenvalue weighted by atomic mass is 35.5. The topological polar surface area (TPSA) is 58.4 Å². The van der Waals surface area contributed by atoms with E-state index in [-0.39, 0.29) is 0 Å². The largest absolute Gasteiger partial charge is 0.496 e. The van der Waals surface area contributed by atoms with E-state index in [1.54, 1.807) is 18.9 Å². The summed E-state index contributed by atoms with van der Waals surface area (Å²) in [5.41, 5.74) is 1.91. The van der Waals surface area contributed by atoms with Crippen LogP contribution in [-0.4, -0.2) is 35.1 Å². The Morgan fingerprint density at radius 3 is 2.90 bits per heavy atom. The molecule has 0 N–H and O–H groups in total. The summed E-state index contributed by atoms with van der Waals surface area (Å²) in [4.78, 5) is 0. The van der Waals surface area contributed by atoms with Crippen molar-refractivity contribution in [3.05, 3.63) is 59.6 Å². The normalized spacial score (nSPS) is 12.6. The monoisotopic (exact) mass is 429 g/mol. The summed E-state index contributed by atoms with van der Waals surface area (Å²) in [7, 11) is 1.65. The summed E-state index contributed by atoms with van der Waals surface area (Å²) in [6, 6.07) is 11.6. The maximum atomic E-state index is 6.35. The lowest BCUT2D eigenvalue weighted by Gasteiger charge is -2.20. The second-order valence-corrected chi connectivity index (χ2v) is 7.65. The van der Waals surface area contributed by atoms with Gasteiger partial charge in [0, 0.05) is 12.3 Å². The van der Waals surface area contributed by atoms with Crippen molar-refractivity contribution in [2.24, 2.45) is 0 Å². The minimum absolute atomic E-state index is 0.511. The number of para-hydroxylation sites is 1. The van der Waals surface area contributed by atoms with Gasteiger partial charge in [-0.05, 0) is 29.8 Å². The number of hydrogen-bond acceptors (Lipinski definition) is 6. The molecule has 0 aliphatic carbocycles. The molecular weight excluding hydrogens is 410 g/mol. The number of ether oxygens (including phenoxy) is 3. The molecule has 0 fully saturated rings. The van der Waals surface area contributed by atoms with E-state index in [9.17, 15) is 0 Å². The summed E-state index contributed by atoms with van der Waals surface area (Å²) in [6.45, 7) is 5.49. The first-order valence-corrected chi connectivity index (χ1v) is 10.5. The maximum absolute atomic E-state index is 6.35. The second kappa shape index (κ2) is 8.80. The molecule has 0 saturated carbocycles. The highest BCUT2D eigenvalue weighted by Crippen LogP contribution is 2.40.